The monoisotopic (exact) mass is 394 g/mol. The summed E-state index contributed by atoms with van der Waals surface area (Å²) in [5.41, 5.74) is 0.0793. The van der Waals surface area contributed by atoms with Gasteiger partial charge in [0.25, 0.3) is 0 Å². The molecule has 0 atom stereocenters. The van der Waals surface area contributed by atoms with Gasteiger partial charge in [0.05, 0.1) is 0 Å². The van der Waals surface area contributed by atoms with E-state index >= 15 is 0 Å². The van der Waals surface area contributed by atoms with Gasteiger partial charge >= 0.3 is 0 Å². The smallest absolute Gasteiger partial charge is 0.243 e. The molecule has 2 N–H and O–H groups in total. The van der Waals surface area contributed by atoms with Crippen LogP contribution in [-0.2, 0) is 9.59 Å². The number of carbonyl (C=O) groups is 2. The van der Waals surface area contributed by atoms with E-state index in [-0.39, 0.29) is 17.4 Å². The summed E-state index contributed by atoms with van der Waals surface area (Å²) in [6.45, 7) is 9.43. The zero-order chi connectivity index (χ0) is 21.4. The molecule has 0 aromatic carbocycles. The van der Waals surface area contributed by atoms with Crippen molar-refractivity contribution in [2.24, 2.45) is 0 Å². The zero-order valence-corrected chi connectivity index (χ0v) is 18.6. The standard InChI is InChI=1S/C22H42N4O2/c1-7-20(27)23-17-12-15-22(26(5)6,14-10-9-11-19-25(3)4)16-13-18-24-21(28)8-2/h7-8H,1-2,9-19H2,3-6H3,(H,23,27)(H,24,28). The molecule has 28 heavy (non-hydrogen) atoms. The van der Waals surface area contributed by atoms with Gasteiger partial charge in [0.2, 0.25) is 11.8 Å². The van der Waals surface area contributed by atoms with Gasteiger partial charge in [-0.15, -0.1) is 0 Å². The Balaban J connectivity index is 4.73. The first kappa shape index (κ1) is 26.3. The van der Waals surface area contributed by atoms with E-state index in [0.29, 0.717) is 13.1 Å². The molecule has 6 heteroatoms. The van der Waals surface area contributed by atoms with Crippen LogP contribution in [0.5, 0.6) is 0 Å². The molecule has 0 saturated carbocycles. The van der Waals surface area contributed by atoms with Crippen LogP contribution in [0.3, 0.4) is 0 Å². The Morgan fingerprint density at radius 1 is 0.786 bits per heavy atom. The molecule has 2 amide bonds. The summed E-state index contributed by atoms with van der Waals surface area (Å²) >= 11 is 0. The molecule has 0 unspecified atom stereocenters. The Morgan fingerprint density at radius 2 is 1.25 bits per heavy atom. The molecule has 0 aromatic heterocycles. The Labute approximate surface area is 172 Å². The molecule has 0 spiro atoms. The minimum atomic E-state index is -0.119. The summed E-state index contributed by atoms with van der Waals surface area (Å²) in [7, 11) is 8.51. The van der Waals surface area contributed by atoms with Crippen molar-refractivity contribution in [3.05, 3.63) is 25.3 Å². The molecule has 0 aliphatic heterocycles. The summed E-state index contributed by atoms with van der Waals surface area (Å²) in [5.74, 6) is -0.238. The molecule has 0 bridgehead atoms. The number of carbonyl (C=O) groups excluding carboxylic acids is 2. The van der Waals surface area contributed by atoms with E-state index in [1.54, 1.807) is 0 Å². The topological polar surface area (TPSA) is 64.7 Å². The molecular formula is C22H42N4O2. The van der Waals surface area contributed by atoms with Crippen LogP contribution < -0.4 is 10.6 Å². The van der Waals surface area contributed by atoms with Gasteiger partial charge in [0, 0.05) is 18.6 Å². The van der Waals surface area contributed by atoms with Crippen molar-refractivity contribution in [1.82, 2.24) is 20.4 Å². The van der Waals surface area contributed by atoms with Crippen LogP contribution >= 0.6 is 0 Å². The molecule has 0 aromatic rings. The third-order valence-electron chi connectivity index (χ3n) is 5.30. The highest BCUT2D eigenvalue weighted by Crippen LogP contribution is 2.31. The molecule has 6 nitrogen and oxygen atoms in total. The van der Waals surface area contributed by atoms with Crippen molar-refractivity contribution in [1.29, 1.82) is 0 Å². The largest absolute Gasteiger partial charge is 0.353 e. The molecular weight excluding hydrogens is 352 g/mol. The van der Waals surface area contributed by atoms with Crippen LogP contribution in [0.25, 0.3) is 0 Å². The minimum Gasteiger partial charge on any atom is -0.353 e. The van der Waals surface area contributed by atoms with Crippen molar-refractivity contribution in [3.63, 3.8) is 0 Å². The van der Waals surface area contributed by atoms with E-state index in [4.69, 9.17) is 0 Å². The van der Waals surface area contributed by atoms with Gasteiger partial charge in [-0.25, -0.2) is 0 Å². The third-order valence-corrected chi connectivity index (χ3v) is 5.30. The van der Waals surface area contributed by atoms with Gasteiger partial charge in [0.15, 0.2) is 0 Å². The number of nitrogens with zero attached hydrogens (tertiary/aromatic N) is 2. The van der Waals surface area contributed by atoms with Crippen LogP contribution in [-0.4, -0.2) is 75.0 Å². The van der Waals surface area contributed by atoms with Crippen molar-refractivity contribution in [2.45, 2.75) is 56.9 Å². The first-order valence-electron chi connectivity index (χ1n) is 10.4. The Morgan fingerprint density at radius 3 is 1.64 bits per heavy atom. The molecule has 0 heterocycles. The van der Waals surface area contributed by atoms with Crippen LogP contribution in [0.2, 0.25) is 0 Å². The van der Waals surface area contributed by atoms with E-state index in [9.17, 15) is 9.59 Å². The molecule has 0 aliphatic rings. The Hall–Kier alpha value is -1.66. The fourth-order valence-corrected chi connectivity index (χ4v) is 3.51. The van der Waals surface area contributed by atoms with Crippen molar-refractivity contribution in [3.8, 4) is 0 Å². The number of rotatable bonds is 17. The van der Waals surface area contributed by atoms with Gasteiger partial charge in [-0.3, -0.25) is 9.59 Å². The minimum absolute atomic E-state index is 0.0793. The summed E-state index contributed by atoms with van der Waals surface area (Å²) in [6.07, 6.45) is 11.2. The Bertz CT molecular complexity index is 447. The normalized spacial score (nSPS) is 11.5. The van der Waals surface area contributed by atoms with Gasteiger partial charge in [-0.2, -0.15) is 0 Å². The van der Waals surface area contributed by atoms with Crippen molar-refractivity contribution in [2.75, 3.05) is 47.8 Å². The van der Waals surface area contributed by atoms with Gasteiger partial charge < -0.3 is 20.4 Å². The lowest BCUT2D eigenvalue weighted by atomic mass is 9.82. The summed E-state index contributed by atoms with van der Waals surface area (Å²) < 4.78 is 0. The van der Waals surface area contributed by atoms with Gasteiger partial charge in [0.1, 0.15) is 0 Å². The van der Waals surface area contributed by atoms with Crippen LogP contribution in [0.1, 0.15) is 51.4 Å². The van der Waals surface area contributed by atoms with Crippen molar-refractivity contribution >= 4 is 11.8 Å². The van der Waals surface area contributed by atoms with Gasteiger partial charge in [-0.1, -0.05) is 26.0 Å². The second kappa shape index (κ2) is 15.3. The van der Waals surface area contributed by atoms with Crippen molar-refractivity contribution < 1.29 is 9.59 Å². The SMILES string of the molecule is C=CC(=O)NCCCC(CCCCCN(C)C)(CCCNC(=O)C=C)N(C)C. The van der Waals surface area contributed by atoms with E-state index in [2.05, 4.69) is 61.8 Å². The zero-order valence-electron chi connectivity index (χ0n) is 18.6. The molecule has 0 rings (SSSR count). The number of unbranched alkanes of at least 4 members (excludes halogenated alkanes) is 2. The predicted octanol–water partition coefficient (Wildman–Crippen LogP) is 2.57. The Kier molecular flexibility index (Phi) is 14.4. The molecule has 0 saturated heterocycles. The lowest BCUT2D eigenvalue weighted by molar-refractivity contribution is -0.117. The molecule has 162 valence electrons. The second-order valence-electron chi connectivity index (χ2n) is 7.93. The van der Waals surface area contributed by atoms with E-state index in [0.717, 1.165) is 38.6 Å². The summed E-state index contributed by atoms with van der Waals surface area (Å²) in [6, 6.07) is 0. The predicted molar refractivity (Wildman–Crippen MR) is 118 cm³/mol. The maximum absolute atomic E-state index is 11.4. The van der Waals surface area contributed by atoms with E-state index in [1.807, 2.05) is 0 Å². The lowest BCUT2D eigenvalue weighted by Crippen LogP contribution is -2.45. The average molecular weight is 395 g/mol. The number of nitrogens with one attached hydrogen (secondary N) is 2. The number of hydrogen-bond donors (Lipinski definition) is 2. The van der Waals surface area contributed by atoms with Gasteiger partial charge in [-0.05, 0) is 85.4 Å². The highest BCUT2D eigenvalue weighted by Gasteiger charge is 2.31. The fourth-order valence-electron chi connectivity index (χ4n) is 3.51. The lowest BCUT2D eigenvalue weighted by Gasteiger charge is -2.41. The maximum Gasteiger partial charge on any atom is 0.243 e. The third kappa shape index (κ3) is 11.9. The number of hydrogen-bond acceptors (Lipinski definition) is 4. The van der Waals surface area contributed by atoms with Crippen LogP contribution in [0, 0.1) is 0 Å². The van der Waals surface area contributed by atoms with E-state index in [1.165, 1.54) is 31.4 Å². The summed E-state index contributed by atoms with van der Waals surface area (Å²) in [5, 5.41) is 5.75. The fraction of sp³-hybridized carbons (Fsp3) is 0.727. The van der Waals surface area contributed by atoms with E-state index < -0.39 is 0 Å². The number of amides is 2. The first-order valence-corrected chi connectivity index (χ1v) is 10.4. The average Bonchev–Trinajstić information content (AvgIpc) is 2.66. The van der Waals surface area contributed by atoms with Crippen LogP contribution in [0.4, 0.5) is 0 Å². The molecule has 0 fully saturated rings. The molecule has 0 aliphatic carbocycles. The highest BCUT2D eigenvalue weighted by molar-refractivity contribution is 5.87. The highest BCUT2D eigenvalue weighted by atomic mass is 16.2. The maximum atomic E-state index is 11.4. The first-order chi connectivity index (χ1) is 13.3. The summed E-state index contributed by atoms with van der Waals surface area (Å²) in [4.78, 5) is 27.3. The van der Waals surface area contributed by atoms with Crippen LogP contribution in [0.15, 0.2) is 25.3 Å². The quantitative estimate of drug-likeness (QED) is 0.294. The molecule has 0 radical (unpaired) electrons. The second-order valence-corrected chi connectivity index (χ2v) is 7.93.